The second-order valence-corrected chi connectivity index (χ2v) is 17.8. The number of halogens is 7. The smallest absolute Gasteiger partial charge is 0.193 e. The highest BCUT2D eigenvalue weighted by Crippen LogP contribution is 2.65. The summed E-state index contributed by atoms with van der Waals surface area (Å²) in [5.41, 5.74) is -0.223. The molecule has 0 aliphatic heterocycles. The zero-order valence-electron chi connectivity index (χ0n) is 17.0. The fourth-order valence-electron chi connectivity index (χ4n) is 6.19. The second kappa shape index (κ2) is 10.8. The highest BCUT2D eigenvalue weighted by molar-refractivity contribution is 9.11. The molecule has 0 bridgehead atoms. The summed E-state index contributed by atoms with van der Waals surface area (Å²) in [6.07, 6.45) is 11.9. The molecule has 3 rings (SSSR count). The number of hydrogen-bond donors (Lipinski definition) is 1. The van der Waals surface area contributed by atoms with Crippen molar-refractivity contribution in [3.8, 4) is 0 Å². The number of thioether (sulfide) groups is 1. The van der Waals surface area contributed by atoms with Crippen LogP contribution in [0.2, 0.25) is 0 Å². The molecule has 1 N–H and O–H groups in total. The van der Waals surface area contributed by atoms with Crippen LogP contribution < -0.4 is 0 Å². The van der Waals surface area contributed by atoms with Crippen LogP contribution in [0.3, 0.4) is 0 Å². The molecule has 3 unspecified atom stereocenters. The molecule has 9 heteroatoms. The third-order valence-electron chi connectivity index (χ3n) is 7.86. The Balaban J connectivity index is 1.82. The Morgan fingerprint density at radius 3 is 2.00 bits per heavy atom. The number of hydrogen-bond acceptors (Lipinski definition) is 2. The van der Waals surface area contributed by atoms with Gasteiger partial charge in [0.05, 0.1) is 0 Å². The molecule has 3 aliphatic rings. The van der Waals surface area contributed by atoms with Crippen LogP contribution >= 0.6 is 102 Å². The van der Waals surface area contributed by atoms with Crippen molar-refractivity contribution in [2.75, 3.05) is 5.33 Å². The summed E-state index contributed by atoms with van der Waals surface area (Å²) < 4.78 is -2.13. The topological polar surface area (TPSA) is 20.2 Å². The van der Waals surface area contributed by atoms with Gasteiger partial charge in [-0.1, -0.05) is 86.8 Å². The highest BCUT2D eigenvalue weighted by atomic mass is 79.9. The quantitative estimate of drug-likeness (QED) is 0.225. The number of aliphatic hydroxyl groups is 1. The van der Waals surface area contributed by atoms with Crippen molar-refractivity contribution in [1.29, 1.82) is 0 Å². The van der Waals surface area contributed by atoms with Crippen molar-refractivity contribution >= 4 is 102 Å². The third-order valence-corrected chi connectivity index (χ3v) is 12.3. The Hall–Kier alpha value is 2.72. The molecule has 0 aromatic rings. The van der Waals surface area contributed by atoms with Crippen LogP contribution in [-0.2, 0) is 0 Å². The van der Waals surface area contributed by atoms with E-state index in [0.29, 0.717) is 17.6 Å². The molecular weight excluding hydrogens is 637 g/mol. The Morgan fingerprint density at radius 1 is 0.900 bits per heavy atom. The van der Waals surface area contributed by atoms with E-state index in [4.69, 9.17) is 58.0 Å². The van der Waals surface area contributed by atoms with Gasteiger partial charge in [-0.2, -0.15) is 0 Å². The van der Waals surface area contributed by atoms with Crippen LogP contribution in [0.4, 0.5) is 0 Å². The molecule has 3 fully saturated rings. The van der Waals surface area contributed by atoms with E-state index in [1.165, 1.54) is 25.7 Å². The van der Waals surface area contributed by atoms with Crippen molar-refractivity contribution in [3.05, 3.63) is 0 Å². The summed E-state index contributed by atoms with van der Waals surface area (Å²) >= 11 is 40.7. The lowest BCUT2D eigenvalue weighted by molar-refractivity contribution is -0.0961. The minimum Gasteiger partial charge on any atom is -0.379 e. The molecule has 0 spiro atoms. The number of alkyl halides is 7. The van der Waals surface area contributed by atoms with Gasteiger partial charge in [-0.3, -0.25) is 0 Å². The maximum absolute atomic E-state index is 12.3. The van der Waals surface area contributed by atoms with Gasteiger partial charge in [0.1, 0.15) is 4.93 Å². The zero-order valence-corrected chi connectivity index (χ0v) is 24.8. The van der Waals surface area contributed by atoms with Gasteiger partial charge < -0.3 is 5.11 Å². The number of rotatable bonds is 6. The fraction of sp³-hybridized carbons (Fsp3) is 1.00. The van der Waals surface area contributed by atoms with Gasteiger partial charge >= 0.3 is 0 Å². The predicted molar refractivity (Wildman–Crippen MR) is 142 cm³/mol. The average molecular weight is 669 g/mol. The molecule has 0 heterocycles. The fourth-order valence-corrected chi connectivity index (χ4v) is 10.2. The molecular formula is C21H31Br2Cl5OS. The van der Waals surface area contributed by atoms with E-state index in [9.17, 15) is 5.11 Å². The predicted octanol–water partition coefficient (Wildman–Crippen LogP) is 9.63. The summed E-state index contributed by atoms with van der Waals surface area (Å²) in [6, 6.07) is 0. The van der Waals surface area contributed by atoms with Crippen molar-refractivity contribution in [2.45, 2.75) is 94.3 Å². The maximum Gasteiger partial charge on any atom is 0.193 e. The molecule has 3 saturated carbocycles. The van der Waals surface area contributed by atoms with Gasteiger partial charge in [0.2, 0.25) is 0 Å². The molecule has 3 aliphatic carbocycles. The molecule has 3 atom stereocenters. The summed E-state index contributed by atoms with van der Waals surface area (Å²) in [6.45, 7) is 0. The third kappa shape index (κ3) is 6.10. The molecule has 0 radical (unpaired) electrons. The second-order valence-electron chi connectivity index (χ2n) is 9.48. The molecule has 0 amide bonds. The lowest BCUT2D eigenvalue weighted by Gasteiger charge is -2.57. The SMILES string of the molecule is OC1(SC2CCC(C(Cl)(Cl)Br)CC2)CCC(C(Cl)(Cl)Cl)CC1(CCBr)C1CCCC1. The van der Waals surface area contributed by atoms with Crippen LogP contribution in [0, 0.1) is 23.2 Å². The van der Waals surface area contributed by atoms with Crippen LogP contribution in [0.25, 0.3) is 0 Å². The lowest BCUT2D eigenvalue weighted by Crippen LogP contribution is -2.56. The van der Waals surface area contributed by atoms with E-state index < -0.39 is 12.0 Å². The monoisotopic (exact) mass is 664 g/mol. The van der Waals surface area contributed by atoms with E-state index in [1.54, 1.807) is 11.8 Å². The first-order valence-corrected chi connectivity index (χ1v) is 15.7. The normalized spacial score (nSPS) is 39.4. The summed E-state index contributed by atoms with van der Waals surface area (Å²) in [4.78, 5) is -0.785. The Kier molecular flexibility index (Phi) is 9.80. The highest BCUT2D eigenvalue weighted by Gasteiger charge is 2.60. The van der Waals surface area contributed by atoms with Crippen LogP contribution in [-0.4, -0.2) is 27.7 Å². The summed E-state index contributed by atoms with van der Waals surface area (Å²) in [5, 5.41) is 13.6. The van der Waals surface area contributed by atoms with Crippen LogP contribution in [0.5, 0.6) is 0 Å². The van der Waals surface area contributed by atoms with E-state index in [1.807, 2.05) is 0 Å². The van der Waals surface area contributed by atoms with Gasteiger partial charge in [0.15, 0.2) is 7.04 Å². The van der Waals surface area contributed by atoms with E-state index in [0.717, 1.165) is 50.3 Å². The van der Waals surface area contributed by atoms with Gasteiger partial charge in [-0.05, 0) is 86.1 Å². The summed E-state index contributed by atoms with van der Waals surface area (Å²) in [7, 11) is 0. The molecule has 30 heavy (non-hydrogen) atoms. The first-order chi connectivity index (χ1) is 13.9. The molecule has 0 aromatic carbocycles. The van der Waals surface area contributed by atoms with Crippen molar-refractivity contribution in [1.82, 2.24) is 0 Å². The lowest BCUT2D eigenvalue weighted by atomic mass is 9.59. The maximum atomic E-state index is 12.3. The molecule has 1 nitrogen and oxygen atoms in total. The zero-order chi connectivity index (χ0) is 22.2. The van der Waals surface area contributed by atoms with E-state index in [2.05, 4.69) is 31.9 Å². The first-order valence-electron chi connectivity index (χ1n) is 11.0. The first kappa shape index (κ1) is 27.3. The van der Waals surface area contributed by atoms with E-state index in [-0.39, 0.29) is 17.3 Å². The average Bonchev–Trinajstić information content (AvgIpc) is 3.17. The minimum atomic E-state index is -1.28. The van der Waals surface area contributed by atoms with Crippen molar-refractivity contribution in [2.24, 2.45) is 23.2 Å². The largest absolute Gasteiger partial charge is 0.379 e. The molecule has 176 valence electrons. The molecule has 0 aromatic heterocycles. The van der Waals surface area contributed by atoms with Gasteiger partial charge in [0.25, 0.3) is 0 Å². The van der Waals surface area contributed by atoms with Crippen LogP contribution in [0.15, 0.2) is 0 Å². The van der Waals surface area contributed by atoms with Gasteiger partial charge in [-0.15, -0.1) is 11.8 Å². The Bertz CT molecular complexity index is 573. The van der Waals surface area contributed by atoms with Crippen LogP contribution in [0.1, 0.15) is 77.0 Å². The molecule has 0 saturated heterocycles. The van der Waals surface area contributed by atoms with Gasteiger partial charge in [-0.25, -0.2) is 0 Å². The van der Waals surface area contributed by atoms with Gasteiger partial charge in [0, 0.05) is 27.8 Å². The Labute approximate surface area is 227 Å². The van der Waals surface area contributed by atoms with Crippen molar-refractivity contribution < 1.29 is 5.11 Å². The minimum absolute atomic E-state index is 0.0136. The van der Waals surface area contributed by atoms with Crippen molar-refractivity contribution in [3.63, 3.8) is 0 Å². The van der Waals surface area contributed by atoms with E-state index >= 15 is 0 Å². The standard InChI is InChI=1S/C21H31Br2Cl5OS/c22-12-11-18(14-3-1-2-4-14)13-16(21(26,27)28)9-10-19(18,29)30-17-7-5-15(6-8-17)20(23,24)25/h14-17,29H,1-13H2. The Morgan fingerprint density at radius 2 is 1.50 bits per heavy atom. The summed E-state index contributed by atoms with van der Waals surface area (Å²) in [5.74, 6) is 0.717.